The molecule has 0 radical (unpaired) electrons. The molecule has 0 aliphatic carbocycles. The van der Waals surface area contributed by atoms with Crippen LogP contribution in [0.5, 0.6) is 0 Å². The topological polar surface area (TPSA) is 24.9 Å². The minimum Gasteiger partial charge on any atom is -0.340 e. The molecule has 4 heteroatoms. The van der Waals surface area contributed by atoms with Crippen molar-refractivity contribution in [2.24, 2.45) is 0 Å². The van der Waals surface area contributed by atoms with Crippen LogP contribution in [0.1, 0.15) is 19.4 Å². The molecule has 0 spiro atoms. The summed E-state index contributed by atoms with van der Waals surface area (Å²) in [4.78, 5) is 4.40. The minimum atomic E-state index is 0.517. The first-order valence-electron chi connectivity index (χ1n) is 6.58. The van der Waals surface area contributed by atoms with Crippen LogP contribution in [-0.2, 0) is 0 Å². The van der Waals surface area contributed by atoms with Crippen molar-refractivity contribution >= 4 is 40.3 Å². The van der Waals surface area contributed by atoms with Gasteiger partial charge in [-0.3, -0.25) is 0 Å². The van der Waals surface area contributed by atoms with E-state index in [1.54, 1.807) is 12.1 Å². The highest BCUT2D eigenvalue weighted by Crippen LogP contribution is 2.26. The fourth-order valence-electron chi connectivity index (χ4n) is 1.76. The lowest BCUT2D eigenvalue weighted by molar-refractivity contribution is 1.29. The van der Waals surface area contributed by atoms with Crippen LogP contribution in [0.25, 0.3) is 5.57 Å². The van der Waals surface area contributed by atoms with E-state index in [-0.39, 0.29) is 0 Å². The van der Waals surface area contributed by atoms with Gasteiger partial charge in [0.1, 0.15) is 5.82 Å². The maximum absolute atomic E-state index is 5.99. The second-order valence-electron chi connectivity index (χ2n) is 4.56. The molecule has 0 aliphatic heterocycles. The van der Waals surface area contributed by atoms with E-state index in [1.165, 1.54) is 5.57 Å². The van der Waals surface area contributed by atoms with Gasteiger partial charge in [0.15, 0.2) is 0 Å². The first kappa shape index (κ1) is 15.6. The quantitative estimate of drug-likeness (QED) is 0.688. The van der Waals surface area contributed by atoms with Gasteiger partial charge < -0.3 is 5.32 Å². The summed E-state index contributed by atoms with van der Waals surface area (Å²) < 4.78 is 0. The van der Waals surface area contributed by atoms with Gasteiger partial charge in [0.2, 0.25) is 0 Å². The van der Waals surface area contributed by atoms with Crippen LogP contribution in [-0.4, -0.2) is 4.98 Å². The molecule has 0 saturated carbocycles. The zero-order valence-corrected chi connectivity index (χ0v) is 13.4. The Kier molecular flexibility index (Phi) is 5.43. The highest BCUT2D eigenvalue weighted by molar-refractivity contribution is 6.42. The van der Waals surface area contributed by atoms with E-state index in [0.29, 0.717) is 10.0 Å². The SMILES string of the molecule is CC=CC=C(C)c1ccc(Nc2ccc(Cl)c(Cl)c2)nc1. The van der Waals surface area contributed by atoms with Gasteiger partial charge in [0, 0.05) is 11.9 Å². The lowest BCUT2D eigenvalue weighted by Crippen LogP contribution is -1.94. The molecule has 2 rings (SSSR count). The highest BCUT2D eigenvalue weighted by atomic mass is 35.5. The zero-order valence-electron chi connectivity index (χ0n) is 11.9. The largest absolute Gasteiger partial charge is 0.340 e. The summed E-state index contributed by atoms with van der Waals surface area (Å²) in [5.41, 5.74) is 3.11. The van der Waals surface area contributed by atoms with Gasteiger partial charge in [0.25, 0.3) is 0 Å². The van der Waals surface area contributed by atoms with Crippen molar-refractivity contribution in [1.82, 2.24) is 4.98 Å². The van der Waals surface area contributed by atoms with Crippen molar-refractivity contribution in [3.63, 3.8) is 0 Å². The molecule has 108 valence electrons. The van der Waals surface area contributed by atoms with Crippen molar-refractivity contribution in [3.8, 4) is 0 Å². The molecule has 1 N–H and O–H groups in total. The summed E-state index contributed by atoms with van der Waals surface area (Å²) in [5.74, 6) is 0.760. The number of nitrogens with one attached hydrogen (secondary N) is 1. The molecule has 0 fully saturated rings. The molecule has 1 aromatic carbocycles. The molecule has 0 aliphatic rings. The summed E-state index contributed by atoms with van der Waals surface area (Å²) in [6.45, 7) is 4.05. The minimum absolute atomic E-state index is 0.517. The van der Waals surface area contributed by atoms with E-state index in [9.17, 15) is 0 Å². The summed E-state index contributed by atoms with van der Waals surface area (Å²) in [5, 5.41) is 4.25. The van der Waals surface area contributed by atoms with Gasteiger partial charge in [-0.15, -0.1) is 0 Å². The van der Waals surface area contributed by atoms with Crippen LogP contribution >= 0.6 is 23.2 Å². The molecule has 2 nitrogen and oxygen atoms in total. The Morgan fingerprint density at radius 1 is 1.14 bits per heavy atom. The number of hydrogen-bond donors (Lipinski definition) is 1. The zero-order chi connectivity index (χ0) is 15.2. The van der Waals surface area contributed by atoms with Gasteiger partial charge in [-0.2, -0.15) is 0 Å². The smallest absolute Gasteiger partial charge is 0.130 e. The first-order valence-corrected chi connectivity index (χ1v) is 7.34. The number of pyridine rings is 1. The van der Waals surface area contributed by atoms with Crippen LogP contribution in [0.2, 0.25) is 10.0 Å². The van der Waals surface area contributed by atoms with E-state index in [2.05, 4.69) is 23.3 Å². The molecule has 0 bridgehead atoms. The van der Waals surface area contributed by atoms with Crippen molar-refractivity contribution in [2.45, 2.75) is 13.8 Å². The molecule has 0 amide bonds. The summed E-state index contributed by atoms with van der Waals surface area (Å²) in [7, 11) is 0. The number of rotatable bonds is 4. The van der Waals surface area contributed by atoms with E-state index < -0.39 is 0 Å². The molecule has 1 heterocycles. The molecule has 21 heavy (non-hydrogen) atoms. The van der Waals surface area contributed by atoms with Crippen LogP contribution in [0.15, 0.2) is 54.8 Å². The van der Waals surface area contributed by atoms with E-state index in [0.717, 1.165) is 17.1 Å². The first-order chi connectivity index (χ1) is 10.1. The average molecular weight is 319 g/mol. The third kappa shape index (κ3) is 4.35. The average Bonchev–Trinajstić information content (AvgIpc) is 2.49. The van der Waals surface area contributed by atoms with E-state index >= 15 is 0 Å². The van der Waals surface area contributed by atoms with Crippen molar-refractivity contribution < 1.29 is 0 Å². The maximum atomic E-state index is 5.99. The summed E-state index contributed by atoms with van der Waals surface area (Å²) >= 11 is 11.9. The second kappa shape index (κ2) is 7.30. The third-order valence-electron chi connectivity index (χ3n) is 2.95. The molecular weight excluding hydrogens is 303 g/mol. The number of anilines is 2. The van der Waals surface area contributed by atoms with Crippen molar-refractivity contribution in [2.75, 3.05) is 5.32 Å². The van der Waals surface area contributed by atoms with Crippen LogP contribution in [0, 0.1) is 0 Å². The number of halogens is 2. The Morgan fingerprint density at radius 3 is 2.57 bits per heavy atom. The summed E-state index contributed by atoms with van der Waals surface area (Å²) in [6.07, 6.45) is 7.91. The number of aromatic nitrogens is 1. The van der Waals surface area contributed by atoms with Gasteiger partial charge in [-0.05, 0) is 55.3 Å². The molecule has 0 saturated heterocycles. The van der Waals surface area contributed by atoms with Crippen LogP contribution in [0.4, 0.5) is 11.5 Å². The van der Waals surface area contributed by atoms with Gasteiger partial charge in [-0.1, -0.05) is 41.4 Å². The Balaban J connectivity index is 2.14. The molecule has 1 aromatic heterocycles. The lowest BCUT2D eigenvalue weighted by atomic mass is 10.1. The monoisotopic (exact) mass is 318 g/mol. The summed E-state index contributed by atoms with van der Waals surface area (Å²) in [6, 6.07) is 9.36. The Labute approximate surface area is 135 Å². The predicted molar refractivity (Wildman–Crippen MR) is 92.4 cm³/mol. The third-order valence-corrected chi connectivity index (χ3v) is 3.69. The number of allylic oxidation sites excluding steroid dienone is 4. The fourth-order valence-corrected chi connectivity index (χ4v) is 2.06. The molecule has 2 aromatic rings. The molecule has 0 unspecified atom stereocenters. The van der Waals surface area contributed by atoms with E-state index in [1.807, 2.05) is 43.5 Å². The van der Waals surface area contributed by atoms with Gasteiger partial charge in [0.05, 0.1) is 10.0 Å². The number of benzene rings is 1. The van der Waals surface area contributed by atoms with Gasteiger partial charge in [-0.25, -0.2) is 4.98 Å². The lowest BCUT2D eigenvalue weighted by Gasteiger charge is -2.07. The van der Waals surface area contributed by atoms with Gasteiger partial charge >= 0.3 is 0 Å². The van der Waals surface area contributed by atoms with Crippen LogP contribution < -0.4 is 5.32 Å². The van der Waals surface area contributed by atoms with E-state index in [4.69, 9.17) is 23.2 Å². The second-order valence-corrected chi connectivity index (χ2v) is 5.38. The maximum Gasteiger partial charge on any atom is 0.130 e. The molecule has 0 atom stereocenters. The number of nitrogens with zero attached hydrogens (tertiary/aromatic N) is 1. The Bertz CT molecular complexity index is 674. The Morgan fingerprint density at radius 2 is 1.95 bits per heavy atom. The standard InChI is InChI=1S/C17H16Cl2N2/c1-3-4-5-12(2)13-6-9-17(20-11-13)21-14-7-8-15(18)16(19)10-14/h3-11H,1-2H3,(H,20,21). The normalized spacial score (nSPS) is 11.9. The van der Waals surface area contributed by atoms with Crippen molar-refractivity contribution in [3.05, 3.63) is 70.4 Å². The fraction of sp³-hybridized carbons (Fsp3) is 0.118. The Hall–Kier alpha value is -1.77. The highest BCUT2D eigenvalue weighted by Gasteiger charge is 2.01. The predicted octanol–water partition coefficient (Wildman–Crippen LogP) is 6.11. The number of hydrogen-bond acceptors (Lipinski definition) is 2. The van der Waals surface area contributed by atoms with Crippen molar-refractivity contribution in [1.29, 1.82) is 0 Å². The molecular formula is C17H16Cl2N2. The van der Waals surface area contributed by atoms with Crippen LogP contribution in [0.3, 0.4) is 0 Å².